The highest BCUT2D eigenvalue weighted by Gasteiger charge is 2.20. The van der Waals surface area contributed by atoms with Gasteiger partial charge in [-0.2, -0.15) is 0 Å². The third kappa shape index (κ3) is 32.9. The van der Waals surface area contributed by atoms with Crippen molar-refractivity contribution >= 4 is 29.2 Å². The summed E-state index contributed by atoms with van der Waals surface area (Å²) in [5, 5.41) is 11.4. The van der Waals surface area contributed by atoms with Crippen LogP contribution in [0.2, 0.25) is 0 Å². The molecule has 0 aliphatic heterocycles. The van der Waals surface area contributed by atoms with Crippen molar-refractivity contribution in [1.29, 1.82) is 0 Å². The number of carboxylic acids is 1. The van der Waals surface area contributed by atoms with Gasteiger partial charge in [-0.1, -0.05) is 90.9 Å². The van der Waals surface area contributed by atoms with Gasteiger partial charge in [0, 0.05) is 51.3 Å². The van der Waals surface area contributed by atoms with Crippen LogP contribution in [-0.2, 0) is 42.9 Å². The highest BCUT2D eigenvalue weighted by atomic mass is 16.5. The maximum absolute atomic E-state index is 12.5. The van der Waals surface area contributed by atoms with Gasteiger partial charge in [0.25, 0.3) is 0 Å². The minimum atomic E-state index is -0.698. The molecule has 0 heterocycles. The third-order valence-electron chi connectivity index (χ3n) is 8.41. The number of Topliss-reactive ketones (excluding diaryl/α,β-unsaturated/α-hetero) is 3. The number of nitrogens with two attached hydrogens (primary N) is 1. The molecule has 0 aromatic heterocycles. The smallest absolute Gasteiger partial charge is 0.303 e. The summed E-state index contributed by atoms with van der Waals surface area (Å²) in [6, 6.07) is 0. The van der Waals surface area contributed by atoms with Crippen LogP contribution in [0, 0.1) is 11.8 Å². The first kappa shape index (κ1) is 47.8. The molecule has 12 nitrogen and oxygen atoms in total. The SMILES string of the molecule is CC(C)C(=O)COCCOCCCC(=O)COCCOCCNC(=O)[C@H](CN)CC(=O)CCCCCCCCCCCCCCCCC(=O)O. The number of nitrogens with one attached hydrogen (secondary N) is 1. The number of ether oxygens (including phenoxy) is 4. The maximum Gasteiger partial charge on any atom is 0.303 e. The van der Waals surface area contributed by atoms with Gasteiger partial charge in [0.2, 0.25) is 5.91 Å². The molecule has 1 atom stereocenters. The second-order valence-electron chi connectivity index (χ2n) is 13.4. The van der Waals surface area contributed by atoms with Gasteiger partial charge in [0.05, 0.1) is 39.0 Å². The van der Waals surface area contributed by atoms with Gasteiger partial charge in [0.15, 0.2) is 11.6 Å². The number of carboxylic acid groups (broad SMARTS) is 1. The van der Waals surface area contributed by atoms with E-state index in [1.165, 1.54) is 51.4 Å². The Balaban J connectivity index is 3.59. The maximum atomic E-state index is 12.5. The lowest BCUT2D eigenvalue weighted by Gasteiger charge is -2.14. The van der Waals surface area contributed by atoms with Crippen LogP contribution in [0.15, 0.2) is 0 Å². The zero-order chi connectivity index (χ0) is 37.1. The second-order valence-corrected chi connectivity index (χ2v) is 13.4. The van der Waals surface area contributed by atoms with Crippen molar-refractivity contribution in [1.82, 2.24) is 5.32 Å². The van der Waals surface area contributed by atoms with E-state index in [-0.39, 0.29) is 68.4 Å². The molecular formula is C38H70N2O10. The van der Waals surface area contributed by atoms with Gasteiger partial charge in [-0.05, 0) is 19.3 Å². The lowest BCUT2D eigenvalue weighted by molar-refractivity contribution is -0.137. The summed E-state index contributed by atoms with van der Waals surface area (Å²) in [4.78, 5) is 58.7. The molecule has 1 amide bonds. The van der Waals surface area contributed by atoms with Crippen molar-refractivity contribution in [2.75, 3.05) is 65.9 Å². The summed E-state index contributed by atoms with van der Waals surface area (Å²) < 4.78 is 21.5. The van der Waals surface area contributed by atoms with Crippen molar-refractivity contribution in [2.45, 2.75) is 136 Å². The van der Waals surface area contributed by atoms with Crippen molar-refractivity contribution in [3.05, 3.63) is 0 Å². The van der Waals surface area contributed by atoms with E-state index < -0.39 is 11.9 Å². The molecule has 0 saturated heterocycles. The monoisotopic (exact) mass is 715 g/mol. The summed E-state index contributed by atoms with van der Waals surface area (Å²) in [5.41, 5.74) is 5.78. The molecule has 0 aliphatic rings. The first-order valence-electron chi connectivity index (χ1n) is 19.2. The van der Waals surface area contributed by atoms with Crippen LogP contribution >= 0.6 is 0 Å². The van der Waals surface area contributed by atoms with Gasteiger partial charge in [-0.3, -0.25) is 24.0 Å². The molecule has 0 bridgehead atoms. The molecule has 0 aromatic rings. The highest BCUT2D eigenvalue weighted by molar-refractivity contribution is 5.87. The number of amides is 1. The first-order valence-corrected chi connectivity index (χ1v) is 19.2. The number of unbranched alkanes of at least 4 members (excludes halogenated alkanes) is 13. The predicted octanol–water partition coefficient (Wildman–Crippen LogP) is 5.60. The Morgan fingerprint density at radius 2 is 1.02 bits per heavy atom. The molecule has 12 heteroatoms. The summed E-state index contributed by atoms with van der Waals surface area (Å²) in [5.74, 6) is -1.38. The summed E-state index contributed by atoms with van der Waals surface area (Å²) in [6.07, 6.45) is 17.8. The number of hydrogen-bond acceptors (Lipinski definition) is 10. The topological polar surface area (TPSA) is 181 Å². The van der Waals surface area contributed by atoms with Gasteiger partial charge in [-0.15, -0.1) is 0 Å². The van der Waals surface area contributed by atoms with E-state index in [0.29, 0.717) is 58.8 Å². The van der Waals surface area contributed by atoms with Crippen LogP contribution in [0.4, 0.5) is 0 Å². The number of hydrogen-bond donors (Lipinski definition) is 3. The Hall–Kier alpha value is -2.25. The van der Waals surface area contributed by atoms with E-state index in [0.717, 1.165) is 38.5 Å². The average molecular weight is 715 g/mol. The Labute approximate surface area is 301 Å². The third-order valence-corrected chi connectivity index (χ3v) is 8.41. The molecule has 0 rings (SSSR count). The van der Waals surface area contributed by atoms with Crippen molar-refractivity contribution in [2.24, 2.45) is 17.6 Å². The van der Waals surface area contributed by atoms with Gasteiger partial charge in [0.1, 0.15) is 19.0 Å². The van der Waals surface area contributed by atoms with Gasteiger partial charge >= 0.3 is 5.97 Å². The van der Waals surface area contributed by atoms with Crippen LogP contribution in [-0.4, -0.2) is 100 Å². The molecule has 50 heavy (non-hydrogen) atoms. The number of carbonyl (C=O) groups is 5. The first-order chi connectivity index (χ1) is 24.2. The van der Waals surface area contributed by atoms with E-state index in [9.17, 15) is 24.0 Å². The molecule has 0 aliphatic carbocycles. The molecule has 292 valence electrons. The molecule has 0 spiro atoms. The fourth-order valence-corrected chi connectivity index (χ4v) is 5.18. The fraction of sp³-hybridized carbons (Fsp3) is 0.868. The predicted molar refractivity (Wildman–Crippen MR) is 194 cm³/mol. The molecule has 0 saturated carbocycles. The van der Waals surface area contributed by atoms with Crippen molar-refractivity contribution in [3.8, 4) is 0 Å². The van der Waals surface area contributed by atoms with Crippen LogP contribution in [0.5, 0.6) is 0 Å². The molecule has 0 radical (unpaired) electrons. The summed E-state index contributed by atoms with van der Waals surface area (Å²) >= 11 is 0. The Morgan fingerprint density at radius 1 is 0.560 bits per heavy atom. The van der Waals surface area contributed by atoms with Crippen LogP contribution in [0.1, 0.15) is 136 Å². The summed E-state index contributed by atoms with van der Waals surface area (Å²) in [6.45, 7) is 6.21. The largest absolute Gasteiger partial charge is 0.481 e. The highest BCUT2D eigenvalue weighted by Crippen LogP contribution is 2.15. The second kappa shape index (κ2) is 35.2. The Bertz CT molecular complexity index is 884. The molecular weight excluding hydrogens is 644 g/mol. The number of ketones is 3. The van der Waals surface area contributed by atoms with Gasteiger partial charge in [-0.25, -0.2) is 0 Å². The number of rotatable bonds is 39. The van der Waals surface area contributed by atoms with Crippen molar-refractivity contribution < 1.29 is 48.0 Å². The standard InChI is InChI=1S/C38H70N2O10/c1-32(2)36(43)31-50-27-24-47-22-17-19-35(42)30-49-26-25-48-23-21-40-38(46)33(29-39)28-34(41)18-15-13-11-9-7-5-3-4-6-8-10-12-14-16-20-37(44)45/h32-33H,3-31,39H2,1-2H3,(H,40,46)(H,44,45)/t33-/m0/s1. The molecule has 0 unspecified atom stereocenters. The van der Waals surface area contributed by atoms with E-state index in [2.05, 4.69) is 5.32 Å². The summed E-state index contributed by atoms with van der Waals surface area (Å²) in [7, 11) is 0. The Kier molecular flexibility index (Phi) is 33.6. The van der Waals surface area contributed by atoms with E-state index >= 15 is 0 Å². The molecule has 0 aromatic carbocycles. The van der Waals surface area contributed by atoms with Crippen LogP contribution in [0.25, 0.3) is 0 Å². The van der Waals surface area contributed by atoms with E-state index in [1.54, 1.807) is 0 Å². The normalized spacial score (nSPS) is 11.9. The minimum Gasteiger partial charge on any atom is -0.481 e. The van der Waals surface area contributed by atoms with Crippen LogP contribution in [0.3, 0.4) is 0 Å². The lowest BCUT2D eigenvalue weighted by atomic mass is 9.98. The average Bonchev–Trinajstić information content (AvgIpc) is 3.08. The van der Waals surface area contributed by atoms with Gasteiger partial charge < -0.3 is 35.1 Å². The van der Waals surface area contributed by atoms with E-state index in [4.69, 9.17) is 29.8 Å². The van der Waals surface area contributed by atoms with E-state index in [1.807, 2.05) is 13.8 Å². The number of aliphatic carboxylic acids is 1. The zero-order valence-corrected chi connectivity index (χ0v) is 31.4. The zero-order valence-electron chi connectivity index (χ0n) is 31.4. The molecule has 4 N–H and O–H groups in total. The molecule has 0 fully saturated rings. The minimum absolute atomic E-state index is 0.00926. The van der Waals surface area contributed by atoms with Crippen LogP contribution < -0.4 is 11.1 Å². The lowest BCUT2D eigenvalue weighted by Crippen LogP contribution is -2.38. The quantitative estimate of drug-likeness (QED) is 0.0674. The number of carbonyl (C=O) groups excluding carboxylic acids is 4. The Morgan fingerprint density at radius 3 is 1.54 bits per heavy atom. The van der Waals surface area contributed by atoms with Crippen molar-refractivity contribution in [3.63, 3.8) is 0 Å². The fourth-order valence-electron chi connectivity index (χ4n) is 5.18.